The minimum atomic E-state index is 0.755. The van der Waals surface area contributed by atoms with E-state index in [9.17, 15) is 0 Å². The van der Waals surface area contributed by atoms with Crippen LogP contribution in [0.3, 0.4) is 0 Å². The molecule has 1 saturated carbocycles. The summed E-state index contributed by atoms with van der Waals surface area (Å²) in [5.74, 6) is 0.969. The Kier molecular flexibility index (Phi) is 3.87. The average Bonchev–Trinajstić information content (AvgIpc) is 2.81. The van der Waals surface area contributed by atoms with Crippen LogP contribution in [0.25, 0.3) is 0 Å². The first-order valence-electron chi connectivity index (χ1n) is 4.54. The second kappa shape index (κ2) is 4.73. The summed E-state index contributed by atoms with van der Waals surface area (Å²) in [6.45, 7) is 0.908. The smallest absolute Gasteiger partial charge is 0.0462 e. The van der Waals surface area contributed by atoms with Gasteiger partial charge in [0.15, 0.2) is 0 Å². The predicted octanol–water partition coefficient (Wildman–Crippen LogP) is 1.41. The minimum Gasteiger partial charge on any atom is -0.385 e. The summed E-state index contributed by atoms with van der Waals surface area (Å²) in [7, 11) is 3.83. The maximum atomic E-state index is 5.01. The Labute approximate surface area is 69.3 Å². The van der Waals surface area contributed by atoms with Gasteiger partial charge in [0.25, 0.3) is 0 Å². The van der Waals surface area contributed by atoms with Gasteiger partial charge in [-0.3, -0.25) is 0 Å². The quantitative estimate of drug-likeness (QED) is 0.589. The van der Waals surface area contributed by atoms with Crippen molar-refractivity contribution in [3.05, 3.63) is 0 Å². The molecule has 1 fully saturated rings. The monoisotopic (exact) mass is 157 g/mol. The molecule has 66 valence electrons. The molecule has 0 aromatic rings. The van der Waals surface area contributed by atoms with Gasteiger partial charge in [0.1, 0.15) is 0 Å². The largest absolute Gasteiger partial charge is 0.385 e. The highest BCUT2D eigenvalue weighted by molar-refractivity contribution is 4.85. The molecule has 0 aliphatic heterocycles. The van der Waals surface area contributed by atoms with E-state index in [1.807, 2.05) is 0 Å². The van der Waals surface area contributed by atoms with Crippen molar-refractivity contribution >= 4 is 0 Å². The Bertz CT molecular complexity index is 102. The van der Waals surface area contributed by atoms with Gasteiger partial charge in [-0.2, -0.15) is 0 Å². The second-order valence-electron chi connectivity index (χ2n) is 3.37. The van der Waals surface area contributed by atoms with Crippen molar-refractivity contribution in [1.29, 1.82) is 0 Å². The third-order valence-corrected chi connectivity index (χ3v) is 2.43. The number of methoxy groups -OCH3 is 1. The van der Waals surface area contributed by atoms with Crippen molar-refractivity contribution < 1.29 is 4.74 Å². The summed E-state index contributed by atoms with van der Waals surface area (Å²) in [5, 5.41) is 3.37. The zero-order valence-electron chi connectivity index (χ0n) is 7.60. The molecule has 1 aliphatic rings. The predicted molar refractivity (Wildman–Crippen MR) is 46.7 cm³/mol. The molecule has 0 bridgehead atoms. The van der Waals surface area contributed by atoms with E-state index in [1.165, 1.54) is 25.7 Å². The van der Waals surface area contributed by atoms with E-state index in [0.29, 0.717) is 0 Å². The molecule has 0 aromatic carbocycles. The Morgan fingerprint density at radius 1 is 1.55 bits per heavy atom. The SMILES string of the molecule is CNC(CCCOC)C1CC1. The summed E-state index contributed by atoms with van der Waals surface area (Å²) in [4.78, 5) is 0. The first-order chi connectivity index (χ1) is 5.38. The lowest BCUT2D eigenvalue weighted by molar-refractivity contribution is 0.188. The number of rotatable bonds is 6. The highest BCUT2D eigenvalue weighted by Gasteiger charge is 2.29. The molecular formula is C9H19NO. The first-order valence-corrected chi connectivity index (χ1v) is 4.54. The lowest BCUT2D eigenvalue weighted by atomic mass is 10.1. The highest BCUT2D eigenvalue weighted by Crippen LogP contribution is 2.34. The van der Waals surface area contributed by atoms with Crippen LogP contribution in [0.2, 0.25) is 0 Å². The molecular weight excluding hydrogens is 138 g/mol. The maximum absolute atomic E-state index is 5.01. The highest BCUT2D eigenvalue weighted by atomic mass is 16.5. The number of ether oxygens (including phenoxy) is 1. The van der Waals surface area contributed by atoms with Crippen LogP contribution in [0.5, 0.6) is 0 Å². The van der Waals surface area contributed by atoms with Crippen LogP contribution in [-0.2, 0) is 4.74 Å². The summed E-state index contributed by atoms with van der Waals surface area (Å²) >= 11 is 0. The van der Waals surface area contributed by atoms with Crippen molar-refractivity contribution in [2.24, 2.45) is 5.92 Å². The average molecular weight is 157 g/mol. The molecule has 1 unspecified atom stereocenters. The Balaban J connectivity index is 2.01. The number of hydrogen-bond acceptors (Lipinski definition) is 2. The van der Waals surface area contributed by atoms with Gasteiger partial charge in [-0.15, -0.1) is 0 Å². The standard InChI is InChI=1S/C9H19NO/c1-10-9(8-5-6-8)4-3-7-11-2/h8-10H,3-7H2,1-2H3. The van der Waals surface area contributed by atoms with Crippen LogP contribution < -0.4 is 5.32 Å². The first kappa shape index (κ1) is 9.01. The molecule has 11 heavy (non-hydrogen) atoms. The molecule has 0 heterocycles. The molecule has 0 spiro atoms. The third kappa shape index (κ3) is 3.21. The van der Waals surface area contributed by atoms with E-state index in [2.05, 4.69) is 12.4 Å². The van der Waals surface area contributed by atoms with Gasteiger partial charge in [0.2, 0.25) is 0 Å². The van der Waals surface area contributed by atoms with Crippen LogP contribution in [-0.4, -0.2) is 26.8 Å². The van der Waals surface area contributed by atoms with Gasteiger partial charge in [-0.05, 0) is 38.6 Å². The fourth-order valence-electron chi connectivity index (χ4n) is 1.56. The van der Waals surface area contributed by atoms with E-state index in [0.717, 1.165) is 18.6 Å². The van der Waals surface area contributed by atoms with E-state index in [4.69, 9.17) is 4.74 Å². The topological polar surface area (TPSA) is 21.3 Å². The maximum Gasteiger partial charge on any atom is 0.0462 e. The van der Waals surface area contributed by atoms with Crippen LogP contribution >= 0.6 is 0 Å². The van der Waals surface area contributed by atoms with Crippen molar-refractivity contribution in [3.63, 3.8) is 0 Å². The lowest BCUT2D eigenvalue weighted by Crippen LogP contribution is -2.27. The Morgan fingerprint density at radius 3 is 2.73 bits per heavy atom. The Morgan fingerprint density at radius 2 is 2.27 bits per heavy atom. The molecule has 1 aliphatic carbocycles. The van der Waals surface area contributed by atoms with E-state index in [1.54, 1.807) is 7.11 Å². The summed E-state index contributed by atoms with van der Waals surface area (Å²) in [6, 6.07) is 0.755. The van der Waals surface area contributed by atoms with Gasteiger partial charge in [0.05, 0.1) is 0 Å². The van der Waals surface area contributed by atoms with Gasteiger partial charge >= 0.3 is 0 Å². The van der Waals surface area contributed by atoms with Gasteiger partial charge in [-0.1, -0.05) is 0 Å². The van der Waals surface area contributed by atoms with Gasteiger partial charge in [0, 0.05) is 19.8 Å². The zero-order valence-corrected chi connectivity index (χ0v) is 7.60. The molecule has 1 atom stereocenters. The van der Waals surface area contributed by atoms with Crippen LogP contribution in [0, 0.1) is 5.92 Å². The second-order valence-corrected chi connectivity index (χ2v) is 3.37. The van der Waals surface area contributed by atoms with Crippen LogP contribution in [0.15, 0.2) is 0 Å². The van der Waals surface area contributed by atoms with Crippen molar-refractivity contribution in [1.82, 2.24) is 5.32 Å². The molecule has 1 N–H and O–H groups in total. The zero-order chi connectivity index (χ0) is 8.10. The van der Waals surface area contributed by atoms with Crippen molar-refractivity contribution in [3.8, 4) is 0 Å². The fraction of sp³-hybridized carbons (Fsp3) is 1.00. The molecule has 1 rings (SSSR count). The molecule has 0 saturated heterocycles. The van der Waals surface area contributed by atoms with E-state index in [-0.39, 0.29) is 0 Å². The van der Waals surface area contributed by atoms with Crippen molar-refractivity contribution in [2.75, 3.05) is 20.8 Å². The van der Waals surface area contributed by atoms with Crippen molar-refractivity contribution in [2.45, 2.75) is 31.7 Å². The number of hydrogen-bond donors (Lipinski definition) is 1. The van der Waals surface area contributed by atoms with E-state index >= 15 is 0 Å². The van der Waals surface area contributed by atoms with Crippen LogP contribution in [0.1, 0.15) is 25.7 Å². The van der Waals surface area contributed by atoms with Gasteiger partial charge in [-0.25, -0.2) is 0 Å². The summed E-state index contributed by atoms with van der Waals surface area (Å²) in [5.41, 5.74) is 0. The third-order valence-electron chi connectivity index (χ3n) is 2.43. The molecule has 2 nitrogen and oxygen atoms in total. The molecule has 0 radical (unpaired) electrons. The Hall–Kier alpha value is -0.0800. The van der Waals surface area contributed by atoms with Gasteiger partial charge < -0.3 is 10.1 Å². The van der Waals surface area contributed by atoms with E-state index < -0.39 is 0 Å². The summed E-state index contributed by atoms with van der Waals surface area (Å²) < 4.78 is 5.01. The lowest BCUT2D eigenvalue weighted by Gasteiger charge is -2.14. The van der Waals surface area contributed by atoms with Crippen LogP contribution in [0.4, 0.5) is 0 Å². The number of nitrogens with one attached hydrogen (secondary N) is 1. The molecule has 2 heteroatoms. The molecule has 0 amide bonds. The minimum absolute atomic E-state index is 0.755. The molecule has 0 aromatic heterocycles. The normalized spacial score (nSPS) is 20.2. The fourth-order valence-corrected chi connectivity index (χ4v) is 1.56. The summed E-state index contributed by atoms with van der Waals surface area (Å²) in [6.07, 6.45) is 5.32.